The third-order valence-corrected chi connectivity index (χ3v) is 3.59. The summed E-state index contributed by atoms with van der Waals surface area (Å²) >= 11 is 0. The maximum absolute atomic E-state index is 9.55. The Balaban J connectivity index is 1.88. The first kappa shape index (κ1) is 10.7. The molecule has 3 nitrogen and oxygen atoms in total. The molecule has 84 valence electrons. The molecule has 1 fully saturated rings. The molecule has 2 rings (SSSR count). The molecule has 2 unspecified atom stereocenters. The molecule has 1 N–H and O–H groups in total. The molecular formula is C12H20N2O. The van der Waals surface area contributed by atoms with E-state index in [2.05, 4.69) is 18.2 Å². The average Bonchev–Trinajstić information content (AvgIpc) is 2.71. The van der Waals surface area contributed by atoms with E-state index < -0.39 is 0 Å². The van der Waals surface area contributed by atoms with E-state index in [0.29, 0.717) is 5.41 Å². The van der Waals surface area contributed by atoms with Gasteiger partial charge in [0.1, 0.15) is 0 Å². The lowest BCUT2D eigenvalue weighted by molar-refractivity contribution is 0.161. The summed E-state index contributed by atoms with van der Waals surface area (Å²) in [6, 6.07) is 0. The molecular weight excluding hydrogens is 188 g/mol. The summed E-state index contributed by atoms with van der Waals surface area (Å²) in [6.45, 7) is 2.29. The van der Waals surface area contributed by atoms with Gasteiger partial charge in [0, 0.05) is 13.2 Å². The molecule has 0 saturated heterocycles. The van der Waals surface area contributed by atoms with Gasteiger partial charge in [-0.25, -0.2) is 0 Å². The molecule has 0 aliphatic heterocycles. The van der Waals surface area contributed by atoms with Gasteiger partial charge in [-0.2, -0.15) is 5.10 Å². The summed E-state index contributed by atoms with van der Waals surface area (Å²) in [7, 11) is 1.95. The van der Waals surface area contributed by atoms with Gasteiger partial charge in [-0.15, -0.1) is 0 Å². The molecule has 1 aromatic rings. The highest BCUT2D eigenvalue weighted by Crippen LogP contribution is 2.41. The first-order valence-corrected chi connectivity index (χ1v) is 5.73. The lowest BCUT2D eigenvalue weighted by atomic mass is 9.83. The second-order valence-electron chi connectivity index (χ2n) is 5.23. The second-order valence-corrected chi connectivity index (χ2v) is 5.23. The first-order valence-electron chi connectivity index (χ1n) is 5.73. The molecule has 0 amide bonds. The van der Waals surface area contributed by atoms with Crippen LogP contribution in [0.25, 0.3) is 0 Å². The summed E-state index contributed by atoms with van der Waals surface area (Å²) in [5, 5.41) is 13.7. The average molecular weight is 208 g/mol. The van der Waals surface area contributed by atoms with Gasteiger partial charge in [0.15, 0.2) is 0 Å². The third kappa shape index (κ3) is 2.59. The van der Waals surface area contributed by atoms with E-state index in [-0.39, 0.29) is 6.10 Å². The van der Waals surface area contributed by atoms with Crippen LogP contribution in [0.1, 0.15) is 38.2 Å². The number of hydrogen-bond donors (Lipinski definition) is 1. The Morgan fingerprint density at radius 2 is 2.47 bits per heavy atom. The van der Waals surface area contributed by atoms with Crippen LogP contribution in [0.15, 0.2) is 12.4 Å². The number of aromatic nitrogens is 2. The molecule has 0 bridgehead atoms. The van der Waals surface area contributed by atoms with Gasteiger partial charge in [-0.1, -0.05) is 6.92 Å². The van der Waals surface area contributed by atoms with Gasteiger partial charge >= 0.3 is 0 Å². The highest BCUT2D eigenvalue weighted by atomic mass is 16.3. The monoisotopic (exact) mass is 208 g/mol. The van der Waals surface area contributed by atoms with Crippen LogP contribution >= 0.6 is 0 Å². The zero-order valence-corrected chi connectivity index (χ0v) is 9.61. The molecule has 1 aromatic heterocycles. The Labute approximate surface area is 91.1 Å². The van der Waals surface area contributed by atoms with Crippen molar-refractivity contribution >= 4 is 0 Å². The molecule has 2 atom stereocenters. The maximum Gasteiger partial charge on any atom is 0.0545 e. The van der Waals surface area contributed by atoms with Gasteiger partial charge in [0.25, 0.3) is 0 Å². The molecule has 1 heterocycles. The Morgan fingerprint density at radius 1 is 1.67 bits per heavy atom. The summed E-state index contributed by atoms with van der Waals surface area (Å²) < 4.78 is 1.85. The standard InChI is InChI=1S/C12H20N2O/c1-12(6-4-11(15)7-12)5-3-10-8-13-14(2)9-10/h8-9,11,15H,3-7H2,1-2H3. The predicted octanol–water partition coefficient (Wildman–Crippen LogP) is 1.90. The van der Waals surface area contributed by atoms with Crippen LogP contribution < -0.4 is 0 Å². The van der Waals surface area contributed by atoms with Crippen LogP contribution in [0.2, 0.25) is 0 Å². The Hall–Kier alpha value is -0.830. The lowest BCUT2D eigenvalue weighted by Crippen LogP contribution is -2.14. The largest absolute Gasteiger partial charge is 0.393 e. The van der Waals surface area contributed by atoms with Crippen LogP contribution in [-0.4, -0.2) is 21.0 Å². The fourth-order valence-corrected chi connectivity index (χ4v) is 2.56. The molecule has 1 aliphatic rings. The van der Waals surface area contributed by atoms with Gasteiger partial charge in [0.05, 0.1) is 12.3 Å². The van der Waals surface area contributed by atoms with Gasteiger partial charge < -0.3 is 5.11 Å². The minimum Gasteiger partial charge on any atom is -0.393 e. The minimum absolute atomic E-state index is 0.0658. The fourth-order valence-electron chi connectivity index (χ4n) is 2.56. The predicted molar refractivity (Wildman–Crippen MR) is 59.5 cm³/mol. The van der Waals surface area contributed by atoms with Crippen LogP contribution in [0.3, 0.4) is 0 Å². The van der Waals surface area contributed by atoms with Crippen molar-refractivity contribution in [1.29, 1.82) is 0 Å². The normalized spacial score (nSPS) is 31.0. The van der Waals surface area contributed by atoms with E-state index >= 15 is 0 Å². The summed E-state index contributed by atoms with van der Waals surface area (Å²) in [6.07, 6.45) is 9.30. The topological polar surface area (TPSA) is 38.0 Å². The second kappa shape index (κ2) is 3.97. The van der Waals surface area contributed by atoms with E-state index in [1.807, 2.05) is 17.9 Å². The SMILES string of the molecule is Cn1cc(CCC2(C)CCC(O)C2)cn1. The Morgan fingerprint density at radius 3 is 3.00 bits per heavy atom. The smallest absolute Gasteiger partial charge is 0.0545 e. The van der Waals surface area contributed by atoms with Gasteiger partial charge in [0.2, 0.25) is 0 Å². The van der Waals surface area contributed by atoms with Crippen LogP contribution in [-0.2, 0) is 13.5 Å². The fraction of sp³-hybridized carbons (Fsp3) is 0.750. The molecule has 3 heteroatoms. The van der Waals surface area contributed by atoms with Crippen molar-refractivity contribution in [1.82, 2.24) is 9.78 Å². The highest BCUT2D eigenvalue weighted by molar-refractivity contribution is 5.04. The molecule has 0 radical (unpaired) electrons. The maximum atomic E-state index is 9.55. The number of aliphatic hydroxyl groups excluding tert-OH is 1. The van der Waals surface area contributed by atoms with Crippen molar-refractivity contribution in [3.8, 4) is 0 Å². The Kier molecular flexibility index (Phi) is 2.83. The zero-order valence-electron chi connectivity index (χ0n) is 9.61. The Bertz CT molecular complexity index is 334. The summed E-state index contributed by atoms with van der Waals surface area (Å²) in [5.74, 6) is 0. The number of aryl methyl sites for hydroxylation is 2. The van der Waals surface area contributed by atoms with Crippen molar-refractivity contribution in [2.24, 2.45) is 12.5 Å². The van der Waals surface area contributed by atoms with E-state index in [9.17, 15) is 5.11 Å². The van der Waals surface area contributed by atoms with Crippen LogP contribution in [0.4, 0.5) is 0 Å². The van der Waals surface area contributed by atoms with Crippen molar-refractivity contribution in [3.63, 3.8) is 0 Å². The van der Waals surface area contributed by atoms with Crippen molar-refractivity contribution < 1.29 is 5.11 Å². The van der Waals surface area contributed by atoms with Gasteiger partial charge in [-0.05, 0) is 43.1 Å². The van der Waals surface area contributed by atoms with Gasteiger partial charge in [-0.3, -0.25) is 4.68 Å². The van der Waals surface area contributed by atoms with Crippen molar-refractivity contribution in [2.75, 3.05) is 0 Å². The molecule has 15 heavy (non-hydrogen) atoms. The number of aliphatic hydroxyl groups is 1. The summed E-state index contributed by atoms with van der Waals surface area (Å²) in [4.78, 5) is 0. The van der Waals surface area contributed by atoms with E-state index in [1.54, 1.807) is 0 Å². The van der Waals surface area contributed by atoms with E-state index in [4.69, 9.17) is 0 Å². The van der Waals surface area contributed by atoms with E-state index in [1.165, 1.54) is 5.56 Å². The number of hydrogen-bond acceptors (Lipinski definition) is 2. The molecule has 0 aromatic carbocycles. The number of nitrogens with zero attached hydrogens (tertiary/aromatic N) is 2. The zero-order chi connectivity index (χ0) is 10.9. The first-order chi connectivity index (χ1) is 7.07. The van der Waals surface area contributed by atoms with E-state index in [0.717, 1.165) is 32.1 Å². The molecule has 1 aliphatic carbocycles. The summed E-state index contributed by atoms with van der Waals surface area (Å²) in [5.41, 5.74) is 1.65. The van der Waals surface area contributed by atoms with Crippen LogP contribution in [0.5, 0.6) is 0 Å². The highest BCUT2D eigenvalue weighted by Gasteiger charge is 2.33. The van der Waals surface area contributed by atoms with Crippen molar-refractivity contribution in [3.05, 3.63) is 18.0 Å². The van der Waals surface area contributed by atoms with Crippen molar-refractivity contribution in [2.45, 2.75) is 45.1 Å². The quantitative estimate of drug-likeness (QED) is 0.824. The third-order valence-electron chi connectivity index (χ3n) is 3.59. The lowest BCUT2D eigenvalue weighted by Gasteiger charge is -2.22. The molecule has 0 spiro atoms. The minimum atomic E-state index is -0.0658. The molecule has 1 saturated carbocycles. The number of rotatable bonds is 3. The van der Waals surface area contributed by atoms with Crippen LogP contribution in [0, 0.1) is 5.41 Å².